The van der Waals surface area contributed by atoms with Crippen LogP contribution in [0.5, 0.6) is 0 Å². The second-order valence-corrected chi connectivity index (χ2v) is 5.13. The van der Waals surface area contributed by atoms with Gasteiger partial charge in [0.1, 0.15) is 0 Å². The zero-order chi connectivity index (χ0) is 13.5. The number of benzene rings is 1. The van der Waals surface area contributed by atoms with Crippen molar-refractivity contribution >= 4 is 11.6 Å². The molecule has 0 aliphatic heterocycles. The predicted molar refractivity (Wildman–Crippen MR) is 76.9 cm³/mol. The lowest BCUT2D eigenvalue weighted by atomic mass is 10.1. The molecule has 1 aromatic carbocycles. The van der Waals surface area contributed by atoms with Crippen LogP contribution in [0.25, 0.3) is 0 Å². The molecule has 2 N–H and O–H groups in total. The second kappa shape index (κ2) is 7.04. The van der Waals surface area contributed by atoms with Crippen LogP contribution in [0.15, 0.2) is 18.2 Å². The van der Waals surface area contributed by atoms with Crippen LogP contribution in [0.2, 0.25) is 0 Å². The number of anilines is 1. The molecule has 0 saturated carbocycles. The summed E-state index contributed by atoms with van der Waals surface area (Å²) in [5, 5.41) is 6.10. The van der Waals surface area contributed by atoms with Crippen molar-refractivity contribution in [3.05, 3.63) is 29.3 Å². The summed E-state index contributed by atoms with van der Waals surface area (Å²) in [6.07, 6.45) is 1.02. The maximum atomic E-state index is 11.6. The highest BCUT2D eigenvalue weighted by atomic mass is 16.1. The number of carbonyl (C=O) groups excluding carboxylic acids is 1. The molecule has 18 heavy (non-hydrogen) atoms. The monoisotopic (exact) mass is 248 g/mol. The Hall–Kier alpha value is -1.51. The van der Waals surface area contributed by atoms with Gasteiger partial charge in [-0.3, -0.25) is 4.79 Å². The van der Waals surface area contributed by atoms with E-state index in [2.05, 4.69) is 44.4 Å². The van der Waals surface area contributed by atoms with E-state index in [1.165, 1.54) is 11.1 Å². The zero-order valence-electron chi connectivity index (χ0n) is 11.8. The first-order chi connectivity index (χ1) is 8.50. The molecular formula is C15H24N2O. The Bertz CT molecular complexity index is 399. The van der Waals surface area contributed by atoms with Gasteiger partial charge in [-0.2, -0.15) is 0 Å². The van der Waals surface area contributed by atoms with E-state index >= 15 is 0 Å². The molecule has 0 aromatic heterocycles. The van der Waals surface area contributed by atoms with Crippen molar-refractivity contribution < 1.29 is 4.79 Å². The van der Waals surface area contributed by atoms with E-state index in [1.807, 2.05) is 12.1 Å². The van der Waals surface area contributed by atoms with Crippen molar-refractivity contribution in [1.82, 2.24) is 5.32 Å². The minimum atomic E-state index is 0.0524. The standard InChI is InChI=1S/C15H24N2O/c1-11(2)8-9-16-15(18)10-17-14-7-5-6-12(3)13(14)4/h5-7,11,17H,8-10H2,1-4H3,(H,16,18). The normalized spacial score (nSPS) is 10.5. The van der Waals surface area contributed by atoms with E-state index in [-0.39, 0.29) is 5.91 Å². The SMILES string of the molecule is Cc1cccc(NCC(=O)NCCC(C)C)c1C. The van der Waals surface area contributed by atoms with Gasteiger partial charge in [0.25, 0.3) is 0 Å². The number of nitrogens with one attached hydrogen (secondary N) is 2. The summed E-state index contributed by atoms with van der Waals surface area (Å²) in [6.45, 7) is 9.53. The summed E-state index contributed by atoms with van der Waals surface area (Å²) in [6, 6.07) is 6.08. The highest BCUT2D eigenvalue weighted by molar-refractivity contribution is 5.81. The van der Waals surface area contributed by atoms with Crippen LogP contribution in [-0.2, 0) is 4.79 Å². The molecule has 0 fully saturated rings. The van der Waals surface area contributed by atoms with E-state index in [4.69, 9.17) is 0 Å². The summed E-state index contributed by atoms with van der Waals surface area (Å²) < 4.78 is 0. The van der Waals surface area contributed by atoms with Crippen LogP contribution in [-0.4, -0.2) is 19.0 Å². The maximum Gasteiger partial charge on any atom is 0.239 e. The molecule has 3 nitrogen and oxygen atoms in total. The molecule has 3 heteroatoms. The quantitative estimate of drug-likeness (QED) is 0.812. The third kappa shape index (κ3) is 4.78. The van der Waals surface area contributed by atoms with Gasteiger partial charge in [0.05, 0.1) is 6.54 Å². The van der Waals surface area contributed by atoms with Crippen molar-refractivity contribution in [2.45, 2.75) is 34.1 Å². The van der Waals surface area contributed by atoms with Gasteiger partial charge in [0.15, 0.2) is 0 Å². The van der Waals surface area contributed by atoms with Crippen molar-refractivity contribution in [1.29, 1.82) is 0 Å². The van der Waals surface area contributed by atoms with Gasteiger partial charge in [0.2, 0.25) is 5.91 Å². The molecule has 0 heterocycles. The van der Waals surface area contributed by atoms with Crippen molar-refractivity contribution in [3.8, 4) is 0 Å². The lowest BCUT2D eigenvalue weighted by Crippen LogP contribution is -2.31. The molecule has 1 rings (SSSR count). The summed E-state index contributed by atoms with van der Waals surface area (Å²) in [4.78, 5) is 11.6. The smallest absolute Gasteiger partial charge is 0.239 e. The Balaban J connectivity index is 2.36. The van der Waals surface area contributed by atoms with Crippen LogP contribution < -0.4 is 10.6 Å². The highest BCUT2D eigenvalue weighted by Gasteiger charge is 2.04. The Kier molecular flexibility index (Phi) is 5.69. The summed E-state index contributed by atoms with van der Waals surface area (Å²) >= 11 is 0. The van der Waals surface area contributed by atoms with E-state index in [0.717, 1.165) is 18.7 Å². The van der Waals surface area contributed by atoms with Crippen molar-refractivity contribution in [3.63, 3.8) is 0 Å². The first kappa shape index (κ1) is 14.6. The fourth-order valence-electron chi connectivity index (χ4n) is 1.68. The number of hydrogen-bond acceptors (Lipinski definition) is 2. The average Bonchev–Trinajstić information content (AvgIpc) is 2.30. The van der Waals surface area contributed by atoms with Gasteiger partial charge < -0.3 is 10.6 Å². The Morgan fingerprint density at radius 2 is 2.00 bits per heavy atom. The zero-order valence-corrected chi connectivity index (χ0v) is 11.8. The molecule has 0 saturated heterocycles. The lowest BCUT2D eigenvalue weighted by Gasteiger charge is -2.12. The molecule has 0 spiro atoms. The number of aryl methyl sites for hydroxylation is 1. The van der Waals surface area contributed by atoms with Crippen molar-refractivity contribution in [2.24, 2.45) is 5.92 Å². The van der Waals surface area contributed by atoms with E-state index in [9.17, 15) is 4.79 Å². The molecule has 1 amide bonds. The van der Waals surface area contributed by atoms with Crippen LogP contribution in [0.4, 0.5) is 5.69 Å². The predicted octanol–water partition coefficient (Wildman–Crippen LogP) is 2.88. The second-order valence-electron chi connectivity index (χ2n) is 5.13. The fourth-order valence-corrected chi connectivity index (χ4v) is 1.68. The number of carbonyl (C=O) groups is 1. The highest BCUT2D eigenvalue weighted by Crippen LogP contribution is 2.17. The molecule has 0 bridgehead atoms. The fraction of sp³-hybridized carbons (Fsp3) is 0.533. The first-order valence-corrected chi connectivity index (χ1v) is 6.57. The first-order valence-electron chi connectivity index (χ1n) is 6.57. The summed E-state index contributed by atoms with van der Waals surface area (Å²) in [7, 11) is 0. The van der Waals surface area contributed by atoms with Crippen molar-refractivity contribution in [2.75, 3.05) is 18.4 Å². The van der Waals surface area contributed by atoms with Crippen LogP contribution >= 0.6 is 0 Å². The third-order valence-electron chi connectivity index (χ3n) is 3.09. The van der Waals surface area contributed by atoms with Gasteiger partial charge in [-0.15, -0.1) is 0 Å². The number of rotatable bonds is 6. The van der Waals surface area contributed by atoms with Gasteiger partial charge >= 0.3 is 0 Å². The van der Waals surface area contributed by atoms with Gasteiger partial charge in [-0.1, -0.05) is 26.0 Å². The summed E-state index contributed by atoms with van der Waals surface area (Å²) in [5.41, 5.74) is 3.47. The van der Waals surface area contributed by atoms with Crippen LogP contribution in [0, 0.1) is 19.8 Å². The molecule has 100 valence electrons. The maximum absolute atomic E-state index is 11.6. The van der Waals surface area contributed by atoms with Gasteiger partial charge in [0, 0.05) is 12.2 Å². The Labute approximate surface area is 110 Å². The molecule has 0 radical (unpaired) electrons. The molecule has 1 aromatic rings. The minimum Gasteiger partial charge on any atom is -0.376 e. The lowest BCUT2D eigenvalue weighted by molar-refractivity contribution is -0.119. The molecule has 0 atom stereocenters. The number of hydrogen-bond donors (Lipinski definition) is 2. The topological polar surface area (TPSA) is 41.1 Å². The minimum absolute atomic E-state index is 0.0524. The Morgan fingerprint density at radius 1 is 1.28 bits per heavy atom. The largest absolute Gasteiger partial charge is 0.376 e. The summed E-state index contributed by atoms with van der Waals surface area (Å²) in [5.74, 6) is 0.675. The Morgan fingerprint density at radius 3 is 2.67 bits per heavy atom. The van der Waals surface area contributed by atoms with Gasteiger partial charge in [-0.25, -0.2) is 0 Å². The van der Waals surface area contributed by atoms with Crippen LogP contribution in [0.3, 0.4) is 0 Å². The van der Waals surface area contributed by atoms with Crippen LogP contribution in [0.1, 0.15) is 31.4 Å². The van der Waals surface area contributed by atoms with E-state index < -0.39 is 0 Å². The van der Waals surface area contributed by atoms with Gasteiger partial charge in [-0.05, 0) is 43.4 Å². The molecule has 0 aliphatic carbocycles. The molecule has 0 aliphatic rings. The molecule has 0 unspecified atom stereocenters. The average molecular weight is 248 g/mol. The number of amides is 1. The van der Waals surface area contributed by atoms with E-state index in [0.29, 0.717) is 12.5 Å². The van der Waals surface area contributed by atoms with E-state index in [1.54, 1.807) is 0 Å². The third-order valence-corrected chi connectivity index (χ3v) is 3.09. The molecular weight excluding hydrogens is 224 g/mol.